The molecule has 0 aliphatic heterocycles. The highest BCUT2D eigenvalue weighted by atomic mass is 16.2. The van der Waals surface area contributed by atoms with E-state index in [0.717, 1.165) is 22.5 Å². The molecule has 0 aliphatic carbocycles. The summed E-state index contributed by atoms with van der Waals surface area (Å²) in [6.07, 6.45) is 3.43. The third-order valence-electron chi connectivity index (χ3n) is 2.92. The molecule has 0 radical (unpaired) electrons. The highest BCUT2D eigenvalue weighted by Crippen LogP contribution is 2.08. The Bertz CT molecular complexity index is 660. The van der Waals surface area contributed by atoms with Crippen molar-refractivity contribution in [3.8, 4) is 0 Å². The maximum Gasteiger partial charge on any atom is 0.259 e. The van der Waals surface area contributed by atoms with Crippen LogP contribution in [-0.4, -0.2) is 28.4 Å². The van der Waals surface area contributed by atoms with E-state index < -0.39 is 0 Å². The first-order chi connectivity index (χ1) is 10.0. The fourth-order valence-corrected chi connectivity index (χ4v) is 1.90. The monoisotopic (exact) mass is 285 g/mol. The molecule has 21 heavy (non-hydrogen) atoms. The molecule has 2 N–H and O–H groups in total. The Morgan fingerprint density at radius 1 is 1.43 bits per heavy atom. The van der Waals surface area contributed by atoms with Crippen molar-refractivity contribution in [2.24, 2.45) is 12.1 Å². The Morgan fingerprint density at radius 3 is 2.90 bits per heavy atom. The molecule has 0 saturated heterocycles. The van der Waals surface area contributed by atoms with Crippen LogP contribution in [0.5, 0.6) is 0 Å². The Balaban J connectivity index is 1.81. The molecular weight excluding hydrogens is 266 g/mol. The number of rotatable bonds is 5. The lowest BCUT2D eigenvalue weighted by molar-refractivity contribution is -0.119. The van der Waals surface area contributed by atoms with Gasteiger partial charge in [-0.1, -0.05) is 12.1 Å². The topological polar surface area (TPSA) is 71.3 Å². The van der Waals surface area contributed by atoms with Gasteiger partial charge in [0.1, 0.15) is 0 Å². The van der Waals surface area contributed by atoms with Crippen LogP contribution in [0.3, 0.4) is 0 Å². The summed E-state index contributed by atoms with van der Waals surface area (Å²) < 4.78 is 1.71. The Morgan fingerprint density at radius 2 is 2.24 bits per heavy atom. The van der Waals surface area contributed by atoms with E-state index in [9.17, 15) is 4.79 Å². The van der Waals surface area contributed by atoms with Crippen molar-refractivity contribution in [3.05, 3.63) is 47.3 Å². The third kappa shape index (κ3) is 4.45. The van der Waals surface area contributed by atoms with Crippen LogP contribution in [0.1, 0.15) is 16.8 Å². The zero-order valence-electron chi connectivity index (χ0n) is 12.4. The Hall–Kier alpha value is -2.63. The third-order valence-corrected chi connectivity index (χ3v) is 2.92. The summed E-state index contributed by atoms with van der Waals surface area (Å²) >= 11 is 0. The van der Waals surface area contributed by atoms with Crippen molar-refractivity contribution in [2.45, 2.75) is 13.8 Å². The van der Waals surface area contributed by atoms with Crippen LogP contribution in [0.25, 0.3) is 0 Å². The second-order valence-electron chi connectivity index (χ2n) is 4.86. The predicted molar refractivity (Wildman–Crippen MR) is 83.4 cm³/mol. The van der Waals surface area contributed by atoms with Crippen molar-refractivity contribution in [1.82, 2.24) is 15.2 Å². The minimum Gasteiger partial charge on any atom is -0.376 e. The minimum absolute atomic E-state index is 0.173. The number of hydrogen-bond donors (Lipinski definition) is 2. The van der Waals surface area contributed by atoms with Gasteiger partial charge in [0.25, 0.3) is 5.91 Å². The molecule has 0 spiro atoms. The van der Waals surface area contributed by atoms with Gasteiger partial charge >= 0.3 is 0 Å². The maximum absolute atomic E-state index is 11.7. The van der Waals surface area contributed by atoms with Crippen molar-refractivity contribution in [1.29, 1.82) is 0 Å². The molecule has 1 heterocycles. The molecular formula is C15H19N5O. The molecule has 2 aromatic rings. The number of amides is 1. The van der Waals surface area contributed by atoms with E-state index in [1.165, 1.54) is 0 Å². The summed E-state index contributed by atoms with van der Waals surface area (Å²) in [6.45, 7) is 4.07. The first kappa shape index (κ1) is 14.8. The number of carbonyl (C=O) groups is 1. The highest BCUT2D eigenvalue weighted by molar-refractivity contribution is 5.84. The van der Waals surface area contributed by atoms with Crippen LogP contribution in [0.4, 0.5) is 5.69 Å². The van der Waals surface area contributed by atoms with Gasteiger partial charge in [-0.25, -0.2) is 5.43 Å². The highest BCUT2D eigenvalue weighted by Gasteiger charge is 2.01. The quantitative estimate of drug-likeness (QED) is 0.647. The summed E-state index contributed by atoms with van der Waals surface area (Å²) in [5, 5.41) is 11.2. The van der Waals surface area contributed by atoms with Gasteiger partial charge in [-0.15, -0.1) is 0 Å². The first-order valence-corrected chi connectivity index (χ1v) is 6.67. The molecule has 0 aliphatic rings. The van der Waals surface area contributed by atoms with Crippen LogP contribution in [-0.2, 0) is 11.8 Å². The SMILES string of the molecule is Cc1cccc(NCC(=O)NN=Cc2cn(C)nc2C)c1. The first-order valence-electron chi connectivity index (χ1n) is 6.67. The average Bonchev–Trinajstić information content (AvgIpc) is 2.75. The lowest BCUT2D eigenvalue weighted by Crippen LogP contribution is -2.25. The molecule has 2 rings (SSSR count). The minimum atomic E-state index is -0.200. The van der Waals surface area contributed by atoms with Crippen molar-refractivity contribution in [3.63, 3.8) is 0 Å². The van der Waals surface area contributed by atoms with Gasteiger partial charge in [0.15, 0.2) is 0 Å². The van der Waals surface area contributed by atoms with E-state index in [0.29, 0.717) is 0 Å². The molecule has 0 atom stereocenters. The number of anilines is 1. The van der Waals surface area contributed by atoms with E-state index >= 15 is 0 Å². The van der Waals surface area contributed by atoms with E-state index in [4.69, 9.17) is 0 Å². The van der Waals surface area contributed by atoms with Gasteiger partial charge < -0.3 is 5.32 Å². The lowest BCUT2D eigenvalue weighted by atomic mass is 10.2. The van der Waals surface area contributed by atoms with E-state index in [1.807, 2.05) is 51.4 Å². The van der Waals surface area contributed by atoms with Crippen LogP contribution in [0.15, 0.2) is 35.6 Å². The number of nitrogens with one attached hydrogen (secondary N) is 2. The van der Waals surface area contributed by atoms with E-state index in [2.05, 4.69) is 20.9 Å². The largest absolute Gasteiger partial charge is 0.376 e. The van der Waals surface area contributed by atoms with E-state index in [1.54, 1.807) is 10.9 Å². The lowest BCUT2D eigenvalue weighted by Gasteiger charge is -2.05. The molecule has 1 amide bonds. The molecule has 1 aromatic heterocycles. The Labute approximate surface area is 123 Å². The molecule has 6 nitrogen and oxygen atoms in total. The fraction of sp³-hybridized carbons (Fsp3) is 0.267. The number of carbonyl (C=O) groups excluding carboxylic acids is 1. The van der Waals surface area contributed by atoms with Gasteiger partial charge in [-0.05, 0) is 31.5 Å². The summed E-state index contributed by atoms with van der Waals surface area (Å²) in [7, 11) is 1.84. The summed E-state index contributed by atoms with van der Waals surface area (Å²) in [5.41, 5.74) is 6.29. The average molecular weight is 285 g/mol. The van der Waals surface area contributed by atoms with Crippen molar-refractivity contribution >= 4 is 17.8 Å². The fourth-order valence-electron chi connectivity index (χ4n) is 1.90. The van der Waals surface area contributed by atoms with Crippen LogP contribution in [0.2, 0.25) is 0 Å². The molecule has 110 valence electrons. The number of hydrogen-bond acceptors (Lipinski definition) is 4. The molecule has 0 unspecified atom stereocenters. The van der Waals surface area contributed by atoms with Gasteiger partial charge in [0, 0.05) is 24.5 Å². The smallest absolute Gasteiger partial charge is 0.259 e. The molecule has 0 fully saturated rings. The second kappa shape index (κ2) is 6.69. The van der Waals surface area contributed by atoms with Gasteiger partial charge in [-0.2, -0.15) is 10.2 Å². The summed E-state index contributed by atoms with van der Waals surface area (Å²) in [5.74, 6) is -0.200. The predicted octanol–water partition coefficient (Wildman–Crippen LogP) is 1.60. The summed E-state index contributed by atoms with van der Waals surface area (Å²) in [4.78, 5) is 11.7. The molecule has 6 heteroatoms. The number of nitrogens with zero attached hydrogens (tertiary/aromatic N) is 3. The Kier molecular flexibility index (Phi) is 4.71. The zero-order chi connectivity index (χ0) is 15.2. The number of aryl methyl sites for hydroxylation is 3. The van der Waals surface area contributed by atoms with Crippen LogP contribution < -0.4 is 10.7 Å². The van der Waals surface area contributed by atoms with Crippen LogP contribution in [0, 0.1) is 13.8 Å². The number of hydrazone groups is 1. The van der Waals surface area contributed by atoms with Crippen LogP contribution >= 0.6 is 0 Å². The standard InChI is InChI=1S/C15H19N5O/c1-11-5-4-6-14(7-11)16-9-15(21)18-17-8-13-10-20(3)19-12(13)2/h4-8,10,16H,9H2,1-3H3,(H,18,21). The molecule has 0 saturated carbocycles. The molecule has 0 bridgehead atoms. The number of aromatic nitrogens is 2. The summed E-state index contributed by atoms with van der Waals surface area (Å²) in [6, 6.07) is 7.85. The van der Waals surface area contributed by atoms with Gasteiger partial charge in [-0.3, -0.25) is 9.48 Å². The van der Waals surface area contributed by atoms with Crippen molar-refractivity contribution < 1.29 is 4.79 Å². The normalized spacial score (nSPS) is 10.8. The molecule has 1 aromatic carbocycles. The second-order valence-corrected chi connectivity index (χ2v) is 4.86. The van der Waals surface area contributed by atoms with Gasteiger partial charge in [0.2, 0.25) is 0 Å². The van der Waals surface area contributed by atoms with E-state index in [-0.39, 0.29) is 12.5 Å². The zero-order valence-corrected chi connectivity index (χ0v) is 12.4. The van der Waals surface area contributed by atoms with Gasteiger partial charge in [0.05, 0.1) is 18.5 Å². The maximum atomic E-state index is 11.7. The van der Waals surface area contributed by atoms with Crippen molar-refractivity contribution in [2.75, 3.05) is 11.9 Å². The number of benzene rings is 1.